The molecule has 0 spiro atoms. The molecule has 0 saturated heterocycles. The predicted molar refractivity (Wildman–Crippen MR) is 105 cm³/mol. The third-order valence-electron chi connectivity index (χ3n) is 8.93. The summed E-state index contributed by atoms with van der Waals surface area (Å²) in [5, 5.41) is 21.0. The number of carbonyl (C=O) groups excluding carboxylic acids is 3. The number of hydrogen-bond acceptors (Lipinski definition) is 6. The van der Waals surface area contributed by atoms with E-state index in [-0.39, 0.29) is 29.0 Å². The summed E-state index contributed by atoms with van der Waals surface area (Å²) in [4.78, 5) is 36.8. The van der Waals surface area contributed by atoms with Gasteiger partial charge in [-0.3, -0.25) is 14.4 Å². The number of ketones is 2. The van der Waals surface area contributed by atoms with Crippen LogP contribution in [0.15, 0.2) is 11.6 Å². The van der Waals surface area contributed by atoms with Gasteiger partial charge >= 0.3 is 5.97 Å². The van der Waals surface area contributed by atoms with Crippen LogP contribution in [0.5, 0.6) is 0 Å². The van der Waals surface area contributed by atoms with Gasteiger partial charge in [-0.2, -0.15) is 0 Å². The topological polar surface area (TPSA) is 101 Å². The fourth-order valence-corrected chi connectivity index (χ4v) is 7.73. The molecular weight excluding hydrogens is 372 g/mol. The first-order chi connectivity index (χ1) is 13.6. The summed E-state index contributed by atoms with van der Waals surface area (Å²) in [6.45, 7) is 4.76. The summed E-state index contributed by atoms with van der Waals surface area (Å²) >= 11 is 0. The van der Waals surface area contributed by atoms with Crippen molar-refractivity contribution in [3.63, 3.8) is 0 Å². The van der Waals surface area contributed by atoms with Crippen LogP contribution in [0.1, 0.15) is 65.7 Å². The van der Waals surface area contributed by atoms with E-state index in [4.69, 9.17) is 4.74 Å². The summed E-state index contributed by atoms with van der Waals surface area (Å²) in [6, 6.07) is 0. The predicted octanol–water partition coefficient (Wildman–Crippen LogP) is 2.35. The minimum atomic E-state index is -1.37. The quantitative estimate of drug-likeness (QED) is 0.701. The summed E-state index contributed by atoms with van der Waals surface area (Å²) in [5.41, 5.74) is -1.12. The highest BCUT2D eigenvalue weighted by Crippen LogP contribution is 2.68. The van der Waals surface area contributed by atoms with Gasteiger partial charge < -0.3 is 14.9 Å². The van der Waals surface area contributed by atoms with Gasteiger partial charge in [0.05, 0.1) is 6.10 Å². The second kappa shape index (κ2) is 6.74. The number of aliphatic hydroxyl groups is 2. The summed E-state index contributed by atoms with van der Waals surface area (Å²) in [5.74, 6) is -0.462. The van der Waals surface area contributed by atoms with Crippen molar-refractivity contribution in [1.82, 2.24) is 0 Å². The van der Waals surface area contributed by atoms with Crippen LogP contribution in [-0.2, 0) is 19.1 Å². The molecule has 3 fully saturated rings. The molecule has 160 valence electrons. The van der Waals surface area contributed by atoms with Gasteiger partial charge in [0.15, 0.2) is 11.4 Å². The molecule has 0 bridgehead atoms. The molecule has 0 unspecified atom stereocenters. The minimum Gasteiger partial charge on any atom is -0.451 e. The Balaban J connectivity index is 1.76. The molecule has 0 amide bonds. The molecule has 6 nitrogen and oxygen atoms in total. The van der Waals surface area contributed by atoms with Crippen LogP contribution in [0.3, 0.4) is 0 Å². The molecule has 0 heterocycles. The van der Waals surface area contributed by atoms with Crippen LogP contribution < -0.4 is 0 Å². The number of aliphatic hydroxyl groups excluding tert-OH is 2. The van der Waals surface area contributed by atoms with Gasteiger partial charge in [-0.15, -0.1) is 0 Å². The maximum absolute atomic E-state index is 12.9. The third kappa shape index (κ3) is 2.71. The lowest BCUT2D eigenvalue weighted by Crippen LogP contribution is -2.63. The van der Waals surface area contributed by atoms with E-state index in [1.807, 2.05) is 6.92 Å². The van der Waals surface area contributed by atoms with Crippen molar-refractivity contribution in [2.45, 2.75) is 77.4 Å². The number of Topliss-reactive ketones (excluding diaryl/α,β-unsaturated/α-hetero) is 1. The maximum atomic E-state index is 12.9. The van der Waals surface area contributed by atoms with Gasteiger partial charge in [0.2, 0.25) is 5.78 Å². The Bertz CT molecular complexity index is 786. The van der Waals surface area contributed by atoms with Crippen molar-refractivity contribution >= 4 is 17.5 Å². The van der Waals surface area contributed by atoms with Crippen LogP contribution in [-0.4, -0.2) is 46.1 Å². The first kappa shape index (κ1) is 20.7. The third-order valence-corrected chi connectivity index (χ3v) is 8.93. The molecule has 4 rings (SSSR count). The van der Waals surface area contributed by atoms with Crippen LogP contribution >= 0.6 is 0 Å². The first-order valence-corrected chi connectivity index (χ1v) is 10.8. The van der Waals surface area contributed by atoms with Crippen LogP contribution in [0.2, 0.25) is 0 Å². The van der Waals surface area contributed by atoms with Gasteiger partial charge in [-0.1, -0.05) is 19.4 Å². The second-order valence-corrected chi connectivity index (χ2v) is 10.1. The fourth-order valence-electron chi connectivity index (χ4n) is 7.73. The van der Waals surface area contributed by atoms with Crippen LogP contribution in [0.4, 0.5) is 0 Å². The molecule has 0 aromatic carbocycles. The van der Waals surface area contributed by atoms with E-state index < -0.39 is 35.5 Å². The molecule has 7 atom stereocenters. The Morgan fingerprint density at radius 2 is 1.93 bits per heavy atom. The number of allylic oxidation sites excluding steroid dienone is 1. The molecule has 3 saturated carbocycles. The molecule has 0 aliphatic heterocycles. The lowest BCUT2D eigenvalue weighted by atomic mass is 9.45. The number of rotatable bonds is 3. The van der Waals surface area contributed by atoms with Gasteiger partial charge in [-0.05, 0) is 67.8 Å². The van der Waals surface area contributed by atoms with E-state index in [1.165, 1.54) is 6.92 Å². The van der Waals surface area contributed by atoms with E-state index in [0.717, 1.165) is 31.3 Å². The highest BCUT2D eigenvalue weighted by Gasteiger charge is 2.70. The fraction of sp³-hybridized carbons (Fsp3) is 0.783. The minimum absolute atomic E-state index is 0.0334. The highest BCUT2D eigenvalue weighted by atomic mass is 16.6. The lowest BCUT2D eigenvalue weighted by Gasteiger charge is -2.60. The SMILES string of the molecule is CC(=O)O[C@@]1(C(=O)CO)CC[C@H]2[C@@H]3CCC4=CC(=O)CC[C@]4(C)[C@H]3[C@@H](O)C[C@]21C. The molecule has 0 aromatic heterocycles. The van der Waals surface area contributed by atoms with Gasteiger partial charge in [-0.25, -0.2) is 0 Å². The molecule has 4 aliphatic carbocycles. The lowest BCUT2D eigenvalue weighted by molar-refractivity contribution is -0.200. The molecule has 6 heteroatoms. The molecule has 29 heavy (non-hydrogen) atoms. The molecule has 2 N–H and O–H groups in total. The van der Waals surface area contributed by atoms with Crippen molar-refractivity contribution in [3.8, 4) is 0 Å². The van der Waals surface area contributed by atoms with Crippen molar-refractivity contribution in [2.24, 2.45) is 28.6 Å². The molecule has 4 aliphatic rings. The van der Waals surface area contributed by atoms with Crippen LogP contribution in [0, 0.1) is 28.6 Å². The summed E-state index contributed by atoms with van der Waals surface area (Å²) in [6.07, 6.45) is 5.59. The summed E-state index contributed by atoms with van der Waals surface area (Å²) < 4.78 is 5.68. The number of esters is 1. The van der Waals surface area contributed by atoms with E-state index in [0.29, 0.717) is 19.3 Å². The zero-order chi connectivity index (χ0) is 21.2. The Morgan fingerprint density at radius 3 is 2.59 bits per heavy atom. The zero-order valence-electron chi connectivity index (χ0n) is 17.6. The Hall–Kier alpha value is -1.53. The van der Waals surface area contributed by atoms with E-state index in [2.05, 4.69) is 6.92 Å². The van der Waals surface area contributed by atoms with E-state index in [1.54, 1.807) is 6.08 Å². The smallest absolute Gasteiger partial charge is 0.303 e. The average Bonchev–Trinajstić information content (AvgIpc) is 2.93. The van der Waals surface area contributed by atoms with Crippen molar-refractivity contribution in [1.29, 1.82) is 0 Å². The van der Waals surface area contributed by atoms with E-state index in [9.17, 15) is 24.6 Å². The highest BCUT2D eigenvalue weighted by molar-refractivity contribution is 5.92. The molecule has 0 radical (unpaired) electrons. The van der Waals surface area contributed by atoms with Gasteiger partial charge in [0.1, 0.15) is 6.61 Å². The number of fused-ring (bicyclic) bond motifs is 5. The molecular formula is C23H32O6. The van der Waals surface area contributed by atoms with Crippen molar-refractivity contribution in [2.75, 3.05) is 6.61 Å². The van der Waals surface area contributed by atoms with Crippen molar-refractivity contribution in [3.05, 3.63) is 11.6 Å². The number of carbonyl (C=O) groups is 3. The molecule has 0 aromatic rings. The summed E-state index contributed by atoms with van der Waals surface area (Å²) in [7, 11) is 0. The Morgan fingerprint density at radius 1 is 1.21 bits per heavy atom. The van der Waals surface area contributed by atoms with Gasteiger partial charge in [0.25, 0.3) is 0 Å². The first-order valence-electron chi connectivity index (χ1n) is 10.8. The van der Waals surface area contributed by atoms with Gasteiger partial charge in [0, 0.05) is 18.8 Å². The number of ether oxygens (including phenoxy) is 1. The largest absolute Gasteiger partial charge is 0.451 e. The average molecular weight is 405 g/mol. The Labute approximate surface area is 171 Å². The number of hydrogen-bond donors (Lipinski definition) is 2. The van der Waals surface area contributed by atoms with Crippen molar-refractivity contribution < 1.29 is 29.3 Å². The second-order valence-electron chi connectivity index (χ2n) is 10.1. The zero-order valence-corrected chi connectivity index (χ0v) is 17.6. The van der Waals surface area contributed by atoms with Crippen LogP contribution in [0.25, 0.3) is 0 Å². The van der Waals surface area contributed by atoms with E-state index >= 15 is 0 Å². The normalized spacial score (nSPS) is 46.2. The monoisotopic (exact) mass is 404 g/mol. The maximum Gasteiger partial charge on any atom is 0.303 e. The Kier molecular flexibility index (Phi) is 4.82. The standard InChI is InChI=1S/C23H32O6/c1-13(25)29-23(19(28)12-24)9-7-17-16-5-4-14-10-15(26)6-8-21(14,2)20(16)18(27)11-22(17,23)3/h10,16-18,20,24,27H,4-9,11-12H2,1-3H3/t16-,17-,18-,20+,21-,22+,23+/m0/s1.